The molecule has 0 bridgehead atoms. The van der Waals surface area contributed by atoms with Crippen LogP contribution in [0.4, 0.5) is 11.4 Å². The predicted molar refractivity (Wildman–Crippen MR) is 73.1 cm³/mol. The molecule has 3 N–H and O–H groups in total. The summed E-state index contributed by atoms with van der Waals surface area (Å²) < 4.78 is 15.2. The van der Waals surface area contributed by atoms with Gasteiger partial charge in [-0.15, -0.1) is 0 Å². The lowest BCUT2D eigenvalue weighted by molar-refractivity contribution is 0.0282. The van der Waals surface area contributed by atoms with Crippen LogP contribution in [0.3, 0.4) is 0 Å². The molecule has 0 saturated carbocycles. The second kappa shape index (κ2) is 7.60. The van der Waals surface area contributed by atoms with E-state index in [9.17, 15) is 4.79 Å². The van der Waals surface area contributed by atoms with Crippen LogP contribution in [-0.4, -0.2) is 39.6 Å². The summed E-state index contributed by atoms with van der Waals surface area (Å²) in [5.74, 6) is -0.415. The van der Waals surface area contributed by atoms with Gasteiger partial charge in [-0.2, -0.15) is 0 Å². The molecule has 6 nitrogen and oxygen atoms in total. The Labute approximate surface area is 112 Å². The minimum atomic E-state index is -0.415. The van der Waals surface area contributed by atoms with E-state index in [2.05, 4.69) is 10.1 Å². The number of methoxy groups -OCH3 is 2. The van der Waals surface area contributed by atoms with Crippen molar-refractivity contribution in [3.63, 3.8) is 0 Å². The maximum atomic E-state index is 11.5. The Bertz CT molecular complexity index is 423. The summed E-state index contributed by atoms with van der Waals surface area (Å²) in [6.07, 6.45) is -0.338. The third-order valence-corrected chi connectivity index (χ3v) is 2.55. The summed E-state index contributed by atoms with van der Waals surface area (Å²) in [5.41, 5.74) is 7.40. The first kappa shape index (κ1) is 15.3. The van der Waals surface area contributed by atoms with Crippen LogP contribution in [0.2, 0.25) is 0 Å². The van der Waals surface area contributed by atoms with Crippen LogP contribution in [0.1, 0.15) is 17.3 Å². The molecule has 19 heavy (non-hydrogen) atoms. The molecular formula is C13H20N2O4. The molecule has 1 rings (SSSR count). The van der Waals surface area contributed by atoms with Crippen LogP contribution in [0.5, 0.6) is 0 Å². The summed E-state index contributed by atoms with van der Waals surface area (Å²) >= 11 is 0. The number of rotatable bonds is 7. The Balaban J connectivity index is 2.83. The normalized spacial score (nSPS) is 11.9. The van der Waals surface area contributed by atoms with Gasteiger partial charge in [-0.25, -0.2) is 4.79 Å². The number of nitrogens with one attached hydrogen (secondary N) is 1. The molecule has 6 heteroatoms. The maximum Gasteiger partial charge on any atom is 0.337 e. The number of hydrogen-bond acceptors (Lipinski definition) is 6. The zero-order chi connectivity index (χ0) is 14.3. The van der Waals surface area contributed by atoms with Crippen LogP contribution in [0.25, 0.3) is 0 Å². The van der Waals surface area contributed by atoms with Crippen LogP contribution in [-0.2, 0) is 14.2 Å². The molecule has 0 aliphatic carbocycles. The molecule has 0 radical (unpaired) electrons. The average molecular weight is 268 g/mol. The number of nitrogens with two attached hydrogens (primary N) is 1. The topological polar surface area (TPSA) is 82.8 Å². The second-order valence-electron chi connectivity index (χ2n) is 3.82. The van der Waals surface area contributed by atoms with Crippen LogP contribution < -0.4 is 11.1 Å². The highest BCUT2D eigenvalue weighted by Gasteiger charge is 2.12. The van der Waals surface area contributed by atoms with Gasteiger partial charge in [-0.1, -0.05) is 0 Å². The molecule has 0 aliphatic heterocycles. The van der Waals surface area contributed by atoms with Crippen LogP contribution in [0, 0.1) is 0 Å². The van der Waals surface area contributed by atoms with E-state index in [1.165, 1.54) is 7.11 Å². The number of anilines is 2. The fourth-order valence-corrected chi connectivity index (χ4v) is 1.49. The van der Waals surface area contributed by atoms with Gasteiger partial charge in [0.05, 0.1) is 30.7 Å². The van der Waals surface area contributed by atoms with Crippen molar-refractivity contribution in [1.29, 1.82) is 0 Å². The Morgan fingerprint density at radius 2 is 2.16 bits per heavy atom. The summed E-state index contributed by atoms with van der Waals surface area (Å²) in [7, 11) is 2.90. The number of benzene rings is 1. The van der Waals surface area contributed by atoms with Gasteiger partial charge in [0.15, 0.2) is 6.23 Å². The maximum absolute atomic E-state index is 11.5. The Morgan fingerprint density at radius 3 is 2.74 bits per heavy atom. The summed E-state index contributed by atoms with van der Waals surface area (Å²) in [6.45, 7) is 2.88. The van der Waals surface area contributed by atoms with Crippen molar-refractivity contribution >= 4 is 17.3 Å². The smallest absolute Gasteiger partial charge is 0.337 e. The first-order chi connectivity index (χ1) is 9.12. The molecule has 0 saturated heterocycles. The van der Waals surface area contributed by atoms with Gasteiger partial charge in [0.25, 0.3) is 0 Å². The summed E-state index contributed by atoms with van der Waals surface area (Å²) in [4.78, 5) is 11.5. The number of carbonyl (C=O) groups excluding carboxylic acids is 1. The van der Waals surface area contributed by atoms with Crippen molar-refractivity contribution < 1.29 is 19.0 Å². The predicted octanol–water partition coefficient (Wildman–Crippen LogP) is 1.48. The van der Waals surface area contributed by atoms with E-state index in [4.69, 9.17) is 15.2 Å². The van der Waals surface area contributed by atoms with Gasteiger partial charge in [-0.05, 0) is 25.1 Å². The van der Waals surface area contributed by atoms with E-state index < -0.39 is 5.97 Å². The largest absolute Gasteiger partial charge is 0.465 e. The van der Waals surface area contributed by atoms with Gasteiger partial charge in [0.2, 0.25) is 0 Å². The van der Waals surface area contributed by atoms with Gasteiger partial charge < -0.3 is 25.3 Å². The lowest BCUT2D eigenvalue weighted by atomic mass is 10.1. The summed E-state index contributed by atoms with van der Waals surface area (Å²) in [6, 6.07) is 4.87. The quantitative estimate of drug-likeness (QED) is 0.443. The van der Waals surface area contributed by atoms with Crippen molar-refractivity contribution in [2.45, 2.75) is 13.2 Å². The molecular weight excluding hydrogens is 248 g/mol. The third-order valence-electron chi connectivity index (χ3n) is 2.55. The molecule has 1 aromatic carbocycles. The third kappa shape index (κ3) is 4.42. The Hall–Kier alpha value is -1.79. The van der Waals surface area contributed by atoms with Gasteiger partial charge in [-0.3, -0.25) is 0 Å². The number of esters is 1. The molecule has 1 unspecified atom stereocenters. The van der Waals surface area contributed by atoms with Crippen LogP contribution >= 0.6 is 0 Å². The average Bonchev–Trinajstić information content (AvgIpc) is 2.44. The van der Waals surface area contributed by atoms with Gasteiger partial charge in [0.1, 0.15) is 0 Å². The van der Waals surface area contributed by atoms with Gasteiger partial charge in [0, 0.05) is 13.7 Å². The SMILES string of the molecule is CCOCC(Nc1cc(C(=O)OC)ccc1N)OC. The number of hydrogen-bond donors (Lipinski definition) is 2. The van der Waals surface area contributed by atoms with E-state index in [1.54, 1.807) is 25.3 Å². The van der Waals surface area contributed by atoms with Crippen molar-refractivity contribution in [1.82, 2.24) is 0 Å². The van der Waals surface area contributed by atoms with Gasteiger partial charge >= 0.3 is 5.97 Å². The molecule has 0 fully saturated rings. The van der Waals surface area contributed by atoms with E-state index in [0.29, 0.717) is 30.2 Å². The fraction of sp³-hybridized carbons (Fsp3) is 0.462. The summed E-state index contributed by atoms with van der Waals surface area (Å²) in [5, 5.41) is 3.07. The van der Waals surface area contributed by atoms with Crippen molar-refractivity contribution in [2.24, 2.45) is 0 Å². The molecule has 1 aromatic rings. The minimum absolute atomic E-state index is 0.338. The lowest BCUT2D eigenvalue weighted by Gasteiger charge is -2.19. The highest BCUT2D eigenvalue weighted by atomic mass is 16.5. The molecule has 106 valence electrons. The first-order valence-electron chi connectivity index (χ1n) is 5.97. The van der Waals surface area contributed by atoms with E-state index in [1.807, 2.05) is 6.92 Å². The van der Waals surface area contributed by atoms with Crippen molar-refractivity contribution in [3.8, 4) is 0 Å². The molecule has 0 aliphatic rings. The number of carbonyl (C=O) groups is 1. The molecule has 0 aromatic heterocycles. The van der Waals surface area contributed by atoms with E-state index in [-0.39, 0.29) is 6.23 Å². The molecule has 1 atom stereocenters. The lowest BCUT2D eigenvalue weighted by Crippen LogP contribution is -2.28. The highest BCUT2D eigenvalue weighted by molar-refractivity contribution is 5.91. The van der Waals surface area contributed by atoms with Crippen molar-refractivity contribution in [3.05, 3.63) is 23.8 Å². The number of nitrogen functional groups attached to an aromatic ring is 1. The second-order valence-corrected chi connectivity index (χ2v) is 3.82. The standard InChI is InChI=1S/C13H20N2O4/c1-4-19-8-12(17-2)15-11-7-9(13(16)18-3)5-6-10(11)14/h5-7,12,15H,4,8,14H2,1-3H3. The zero-order valence-electron chi connectivity index (χ0n) is 11.4. The van der Waals surface area contributed by atoms with E-state index >= 15 is 0 Å². The highest BCUT2D eigenvalue weighted by Crippen LogP contribution is 2.21. The van der Waals surface area contributed by atoms with E-state index in [0.717, 1.165) is 0 Å². The Morgan fingerprint density at radius 1 is 1.42 bits per heavy atom. The fourth-order valence-electron chi connectivity index (χ4n) is 1.49. The number of ether oxygens (including phenoxy) is 3. The monoisotopic (exact) mass is 268 g/mol. The minimum Gasteiger partial charge on any atom is -0.465 e. The van der Waals surface area contributed by atoms with Crippen molar-refractivity contribution in [2.75, 3.05) is 38.5 Å². The molecule has 0 spiro atoms. The molecule has 0 amide bonds. The zero-order valence-corrected chi connectivity index (χ0v) is 11.4. The molecule has 0 heterocycles. The van der Waals surface area contributed by atoms with Crippen LogP contribution in [0.15, 0.2) is 18.2 Å². The first-order valence-corrected chi connectivity index (χ1v) is 5.97. The Kier molecular flexibility index (Phi) is 6.11.